The first-order valence-electron chi connectivity index (χ1n) is 6.36. The Labute approximate surface area is 120 Å². The standard InChI is InChI=1S/C14H15N3O4/c1-2-9-20-11-6-4-3-5-10(11)13(18)15-8-7-12-16-14(19)21-17-12/h2-6H,1,7-9H2,(H,15,18)(H,16,17,19). The Bertz CT molecular complexity index is 675. The van der Waals surface area contributed by atoms with Gasteiger partial charge in [0.1, 0.15) is 12.4 Å². The number of hydrogen-bond donors (Lipinski definition) is 2. The lowest BCUT2D eigenvalue weighted by atomic mass is 10.2. The van der Waals surface area contributed by atoms with Crippen LogP contribution in [-0.2, 0) is 6.42 Å². The Morgan fingerprint density at radius 2 is 2.29 bits per heavy atom. The number of nitrogens with one attached hydrogen (secondary N) is 2. The first-order chi connectivity index (χ1) is 10.2. The number of amides is 1. The van der Waals surface area contributed by atoms with Crippen LogP contribution in [0.2, 0.25) is 0 Å². The molecule has 21 heavy (non-hydrogen) atoms. The highest BCUT2D eigenvalue weighted by Crippen LogP contribution is 2.17. The molecule has 7 heteroatoms. The minimum atomic E-state index is -0.612. The van der Waals surface area contributed by atoms with E-state index in [0.717, 1.165) is 0 Å². The van der Waals surface area contributed by atoms with Crippen LogP contribution in [0.1, 0.15) is 16.2 Å². The van der Waals surface area contributed by atoms with Gasteiger partial charge < -0.3 is 10.1 Å². The molecule has 0 saturated carbocycles. The van der Waals surface area contributed by atoms with Gasteiger partial charge in [0.15, 0.2) is 5.82 Å². The molecule has 0 aliphatic heterocycles. The summed E-state index contributed by atoms with van der Waals surface area (Å²) in [5.41, 5.74) is 0.438. The Hall–Kier alpha value is -2.83. The molecule has 0 unspecified atom stereocenters. The summed E-state index contributed by atoms with van der Waals surface area (Å²) in [5, 5.41) is 6.24. The summed E-state index contributed by atoms with van der Waals surface area (Å²) in [6, 6.07) is 6.93. The van der Waals surface area contributed by atoms with Crippen LogP contribution in [0, 0.1) is 0 Å². The third kappa shape index (κ3) is 4.07. The predicted molar refractivity (Wildman–Crippen MR) is 75.3 cm³/mol. The number of ether oxygens (including phenoxy) is 1. The Morgan fingerprint density at radius 1 is 1.48 bits per heavy atom. The number of para-hydroxylation sites is 1. The average molecular weight is 289 g/mol. The maximum atomic E-state index is 12.1. The van der Waals surface area contributed by atoms with E-state index in [-0.39, 0.29) is 5.91 Å². The van der Waals surface area contributed by atoms with Gasteiger partial charge in [-0.2, -0.15) is 0 Å². The SMILES string of the molecule is C=CCOc1ccccc1C(=O)NCCc1noc(=O)[nH]1. The Kier molecular flexibility index (Phi) is 4.92. The third-order valence-electron chi connectivity index (χ3n) is 2.62. The molecule has 0 fully saturated rings. The first kappa shape index (κ1) is 14.6. The molecule has 110 valence electrons. The smallest absolute Gasteiger partial charge is 0.438 e. The van der Waals surface area contributed by atoms with Crippen LogP contribution in [0.25, 0.3) is 0 Å². The van der Waals surface area contributed by atoms with Crippen molar-refractivity contribution in [2.75, 3.05) is 13.2 Å². The third-order valence-corrected chi connectivity index (χ3v) is 2.62. The molecule has 1 amide bonds. The van der Waals surface area contributed by atoms with Crippen LogP contribution in [-0.4, -0.2) is 29.2 Å². The number of carbonyl (C=O) groups is 1. The van der Waals surface area contributed by atoms with E-state index < -0.39 is 5.76 Å². The van der Waals surface area contributed by atoms with E-state index in [2.05, 4.69) is 26.6 Å². The molecule has 2 N–H and O–H groups in total. The quantitative estimate of drug-likeness (QED) is 0.738. The summed E-state index contributed by atoms with van der Waals surface area (Å²) in [7, 11) is 0. The van der Waals surface area contributed by atoms with Crippen LogP contribution in [0.15, 0.2) is 46.2 Å². The number of aromatic nitrogens is 2. The van der Waals surface area contributed by atoms with Crippen LogP contribution in [0.5, 0.6) is 5.75 Å². The van der Waals surface area contributed by atoms with Crippen molar-refractivity contribution in [3.63, 3.8) is 0 Å². The molecule has 0 radical (unpaired) electrons. The van der Waals surface area contributed by atoms with Crippen LogP contribution in [0.3, 0.4) is 0 Å². The fraction of sp³-hybridized carbons (Fsp3) is 0.214. The molecule has 1 heterocycles. The van der Waals surface area contributed by atoms with Gasteiger partial charge in [0, 0.05) is 13.0 Å². The van der Waals surface area contributed by atoms with Gasteiger partial charge in [-0.15, -0.1) is 0 Å². The lowest BCUT2D eigenvalue weighted by Gasteiger charge is -2.10. The average Bonchev–Trinajstić information content (AvgIpc) is 2.91. The molecule has 2 aromatic rings. The summed E-state index contributed by atoms with van der Waals surface area (Å²) in [6.45, 7) is 4.21. The summed E-state index contributed by atoms with van der Waals surface area (Å²) < 4.78 is 9.79. The van der Waals surface area contributed by atoms with E-state index in [1.54, 1.807) is 30.3 Å². The number of H-pyrrole nitrogens is 1. The highest BCUT2D eigenvalue weighted by atomic mass is 16.5. The minimum Gasteiger partial charge on any atom is -0.489 e. The lowest BCUT2D eigenvalue weighted by Crippen LogP contribution is -2.26. The zero-order valence-electron chi connectivity index (χ0n) is 11.3. The molecule has 1 aromatic carbocycles. The van der Waals surface area contributed by atoms with Crippen molar-refractivity contribution in [3.8, 4) is 5.75 Å². The van der Waals surface area contributed by atoms with Gasteiger partial charge >= 0.3 is 5.76 Å². The van der Waals surface area contributed by atoms with Gasteiger partial charge in [0.05, 0.1) is 5.56 Å². The Balaban J connectivity index is 1.93. The molecular formula is C14H15N3O4. The Morgan fingerprint density at radius 3 is 3.00 bits per heavy atom. The molecule has 0 aliphatic rings. The molecule has 1 aromatic heterocycles. The molecule has 0 spiro atoms. The highest BCUT2D eigenvalue weighted by molar-refractivity contribution is 5.96. The zero-order valence-corrected chi connectivity index (χ0v) is 11.3. The van der Waals surface area contributed by atoms with Gasteiger partial charge in [-0.3, -0.25) is 14.3 Å². The first-order valence-corrected chi connectivity index (χ1v) is 6.36. The molecular weight excluding hydrogens is 274 g/mol. The van der Waals surface area contributed by atoms with E-state index in [1.807, 2.05) is 0 Å². The van der Waals surface area contributed by atoms with Crippen LogP contribution in [0.4, 0.5) is 0 Å². The number of hydrogen-bond acceptors (Lipinski definition) is 5. The van der Waals surface area contributed by atoms with E-state index in [9.17, 15) is 9.59 Å². The fourth-order valence-electron chi connectivity index (χ4n) is 1.69. The maximum Gasteiger partial charge on any atom is 0.438 e. The van der Waals surface area contributed by atoms with Crippen molar-refractivity contribution in [3.05, 3.63) is 58.9 Å². The van der Waals surface area contributed by atoms with E-state index in [1.165, 1.54) is 0 Å². The number of carbonyl (C=O) groups excluding carboxylic acids is 1. The van der Waals surface area contributed by atoms with Crippen molar-refractivity contribution < 1.29 is 14.1 Å². The molecule has 0 aliphatic carbocycles. The summed E-state index contributed by atoms with van der Waals surface area (Å²) >= 11 is 0. The maximum absolute atomic E-state index is 12.1. The number of nitrogens with zero attached hydrogens (tertiary/aromatic N) is 1. The monoisotopic (exact) mass is 289 g/mol. The highest BCUT2D eigenvalue weighted by Gasteiger charge is 2.11. The fourth-order valence-corrected chi connectivity index (χ4v) is 1.69. The van der Waals surface area contributed by atoms with E-state index in [0.29, 0.717) is 36.7 Å². The second kappa shape index (κ2) is 7.09. The van der Waals surface area contributed by atoms with Gasteiger partial charge in [0.25, 0.3) is 5.91 Å². The van der Waals surface area contributed by atoms with Crippen molar-refractivity contribution in [1.82, 2.24) is 15.5 Å². The topological polar surface area (TPSA) is 97.2 Å². The van der Waals surface area contributed by atoms with Gasteiger partial charge in [-0.25, -0.2) is 4.79 Å². The summed E-state index contributed by atoms with van der Waals surface area (Å²) in [4.78, 5) is 25.3. The second-order valence-corrected chi connectivity index (χ2v) is 4.14. The van der Waals surface area contributed by atoms with Gasteiger partial charge in [0.2, 0.25) is 0 Å². The van der Waals surface area contributed by atoms with Crippen LogP contribution < -0.4 is 15.8 Å². The van der Waals surface area contributed by atoms with Crippen molar-refractivity contribution in [2.45, 2.75) is 6.42 Å². The molecule has 0 atom stereocenters. The second-order valence-electron chi connectivity index (χ2n) is 4.14. The van der Waals surface area contributed by atoms with Gasteiger partial charge in [-0.1, -0.05) is 29.9 Å². The normalized spacial score (nSPS) is 10.1. The number of rotatable bonds is 7. The van der Waals surface area contributed by atoms with Crippen molar-refractivity contribution in [1.29, 1.82) is 0 Å². The van der Waals surface area contributed by atoms with Crippen molar-refractivity contribution in [2.24, 2.45) is 0 Å². The molecule has 7 nitrogen and oxygen atoms in total. The van der Waals surface area contributed by atoms with E-state index >= 15 is 0 Å². The van der Waals surface area contributed by atoms with E-state index in [4.69, 9.17) is 4.74 Å². The summed E-state index contributed by atoms with van der Waals surface area (Å²) in [5.74, 6) is 0.00115. The minimum absolute atomic E-state index is 0.263. The largest absolute Gasteiger partial charge is 0.489 e. The molecule has 0 saturated heterocycles. The molecule has 0 bridgehead atoms. The zero-order chi connectivity index (χ0) is 15.1. The van der Waals surface area contributed by atoms with Crippen molar-refractivity contribution >= 4 is 5.91 Å². The lowest BCUT2D eigenvalue weighted by molar-refractivity contribution is 0.0950. The van der Waals surface area contributed by atoms with Gasteiger partial charge in [-0.05, 0) is 12.1 Å². The number of benzene rings is 1. The summed E-state index contributed by atoms with van der Waals surface area (Å²) in [6.07, 6.45) is 1.97. The van der Waals surface area contributed by atoms with Crippen LogP contribution >= 0.6 is 0 Å². The predicted octanol–water partition coefficient (Wildman–Crippen LogP) is 0.900. The molecule has 2 rings (SSSR count). The number of aromatic amines is 1.